The van der Waals surface area contributed by atoms with Gasteiger partial charge in [-0.1, -0.05) is 30.3 Å². The lowest BCUT2D eigenvalue weighted by molar-refractivity contribution is 0.0303. The highest BCUT2D eigenvalue weighted by Crippen LogP contribution is 2.26. The number of carbonyl (C=O) groups is 2. The van der Waals surface area contributed by atoms with Crippen molar-refractivity contribution in [2.24, 2.45) is 0 Å². The molecule has 2 aromatic carbocycles. The minimum absolute atomic E-state index is 0.0535. The summed E-state index contributed by atoms with van der Waals surface area (Å²) in [6.07, 6.45) is 0.567. The first kappa shape index (κ1) is 20.1. The largest absolute Gasteiger partial charge is 0.378 e. The lowest BCUT2D eigenvalue weighted by Crippen LogP contribution is -2.40. The van der Waals surface area contributed by atoms with Crippen LogP contribution in [0.4, 0.5) is 0 Å². The summed E-state index contributed by atoms with van der Waals surface area (Å²) in [6, 6.07) is 15.4. The second-order valence-corrected chi connectivity index (χ2v) is 7.17. The monoisotopic (exact) mass is 407 g/mol. The molecular formula is C23H25N3O4. The van der Waals surface area contributed by atoms with E-state index in [1.807, 2.05) is 36.4 Å². The number of fused-ring (bicyclic) bond motifs is 1. The van der Waals surface area contributed by atoms with Gasteiger partial charge >= 0.3 is 0 Å². The fraction of sp³-hybridized carbons (Fsp3) is 0.304. The van der Waals surface area contributed by atoms with E-state index < -0.39 is 0 Å². The van der Waals surface area contributed by atoms with Crippen LogP contribution >= 0.6 is 0 Å². The Morgan fingerprint density at radius 3 is 2.63 bits per heavy atom. The summed E-state index contributed by atoms with van der Waals surface area (Å²) in [6.45, 7) is 4.40. The van der Waals surface area contributed by atoms with Crippen molar-refractivity contribution in [1.82, 2.24) is 15.4 Å². The Morgan fingerprint density at radius 1 is 1.13 bits per heavy atom. The van der Waals surface area contributed by atoms with Gasteiger partial charge in [-0.15, -0.1) is 0 Å². The van der Waals surface area contributed by atoms with E-state index >= 15 is 0 Å². The lowest BCUT2D eigenvalue weighted by atomic mass is 10.0. The number of nitrogens with zero attached hydrogens (tertiary/aromatic N) is 1. The van der Waals surface area contributed by atoms with E-state index in [1.165, 1.54) is 0 Å². The van der Waals surface area contributed by atoms with Gasteiger partial charge in [0.05, 0.1) is 25.4 Å². The molecule has 2 heterocycles. The van der Waals surface area contributed by atoms with Gasteiger partial charge < -0.3 is 14.6 Å². The second-order valence-electron chi connectivity index (χ2n) is 7.17. The van der Waals surface area contributed by atoms with Gasteiger partial charge in [-0.2, -0.15) is 0 Å². The number of hydroxylamine groups is 1. The van der Waals surface area contributed by atoms with Crippen molar-refractivity contribution in [3.63, 3.8) is 0 Å². The number of carbonyl (C=O) groups excluding carboxylic acids is 2. The van der Waals surface area contributed by atoms with Gasteiger partial charge in [0.2, 0.25) is 0 Å². The molecule has 1 aliphatic heterocycles. The van der Waals surface area contributed by atoms with Gasteiger partial charge in [0.15, 0.2) is 0 Å². The Kier molecular flexibility index (Phi) is 6.11. The van der Waals surface area contributed by atoms with Crippen LogP contribution in [0.15, 0.2) is 48.5 Å². The number of nitrogens with one attached hydrogen (secondary N) is 2. The minimum Gasteiger partial charge on any atom is -0.378 e. The summed E-state index contributed by atoms with van der Waals surface area (Å²) < 4.78 is 5.34. The molecule has 2 N–H and O–H groups in total. The van der Waals surface area contributed by atoms with Gasteiger partial charge in [-0.25, -0.2) is 5.48 Å². The number of aromatic amines is 1. The summed E-state index contributed by atoms with van der Waals surface area (Å²) >= 11 is 0. The first-order valence-corrected chi connectivity index (χ1v) is 10.1. The maximum absolute atomic E-state index is 12.9. The second kappa shape index (κ2) is 9.11. The van der Waals surface area contributed by atoms with E-state index in [1.54, 1.807) is 24.0 Å². The summed E-state index contributed by atoms with van der Waals surface area (Å²) in [5.41, 5.74) is 6.22. The number of hydrogen-bond acceptors (Lipinski definition) is 4. The Bertz CT molecular complexity index is 1040. The van der Waals surface area contributed by atoms with E-state index in [2.05, 4.69) is 10.5 Å². The quantitative estimate of drug-likeness (QED) is 0.616. The molecule has 1 saturated heterocycles. The van der Waals surface area contributed by atoms with Crippen LogP contribution in [0, 0.1) is 0 Å². The van der Waals surface area contributed by atoms with E-state index in [-0.39, 0.29) is 11.8 Å². The molecule has 0 unspecified atom stereocenters. The fourth-order valence-corrected chi connectivity index (χ4v) is 3.71. The van der Waals surface area contributed by atoms with Crippen LogP contribution in [-0.2, 0) is 16.0 Å². The van der Waals surface area contributed by atoms with E-state index in [9.17, 15) is 9.59 Å². The van der Waals surface area contributed by atoms with Gasteiger partial charge in [0.1, 0.15) is 0 Å². The molecule has 1 aliphatic rings. The number of benzene rings is 2. The number of ether oxygens (including phenoxy) is 1. The topological polar surface area (TPSA) is 83.7 Å². The molecule has 0 aliphatic carbocycles. The van der Waals surface area contributed by atoms with Gasteiger partial charge in [-0.3, -0.25) is 14.4 Å². The number of aromatic nitrogens is 1. The minimum atomic E-state index is -0.329. The maximum Gasteiger partial charge on any atom is 0.277 e. The van der Waals surface area contributed by atoms with Crippen molar-refractivity contribution in [2.45, 2.75) is 13.3 Å². The average molecular weight is 407 g/mol. The normalized spacial score (nSPS) is 14.1. The lowest BCUT2D eigenvalue weighted by Gasteiger charge is -2.26. The van der Waals surface area contributed by atoms with Crippen LogP contribution < -0.4 is 5.48 Å². The number of amides is 2. The van der Waals surface area contributed by atoms with Gasteiger partial charge in [0.25, 0.3) is 11.8 Å². The highest BCUT2D eigenvalue weighted by atomic mass is 16.6. The van der Waals surface area contributed by atoms with Crippen molar-refractivity contribution < 1.29 is 19.2 Å². The Hall–Kier alpha value is -3.16. The third-order valence-corrected chi connectivity index (χ3v) is 5.18. The Balaban J connectivity index is 1.73. The highest BCUT2D eigenvalue weighted by molar-refractivity contribution is 6.10. The summed E-state index contributed by atoms with van der Waals surface area (Å²) in [7, 11) is 0. The Labute approximate surface area is 174 Å². The molecular weight excluding hydrogens is 382 g/mol. The standard InChI is InChI=1S/C23H25N3O4/c1-2-30-25-22(27)21-18-15-17(23(28)26-10-12-29-13-11-26)8-9-19(18)24-20(21)14-16-6-4-3-5-7-16/h3-9,15,24H,2,10-14H2,1H3,(H,25,27). The number of morpholine rings is 1. The van der Waals surface area contributed by atoms with Crippen LogP contribution in [0.1, 0.15) is 38.9 Å². The number of hydrogen-bond donors (Lipinski definition) is 2. The third kappa shape index (κ3) is 4.22. The van der Waals surface area contributed by atoms with Crippen LogP contribution in [0.25, 0.3) is 10.9 Å². The molecule has 0 radical (unpaired) electrons. The molecule has 30 heavy (non-hydrogen) atoms. The molecule has 156 valence electrons. The van der Waals surface area contributed by atoms with Gasteiger partial charge in [-0.05, 0) is 30.7 Å². The van der Waals surface area contributed by atoms with Crippen molar-refractivity contribution in [2.75, 3.05) is 32.9 Å². The number of rotatable bonds is 6. The Morgan fingerprint density at radius 2 is 1.90 bits per heavy atom. The first-order chi connectivity index (χ1) is 14.7. The fourth-order valence-electron chi connectivity index (χ4n) is 3.71. The first-order valence-electron chi connectivity index (χ1n) is 10.1. The zero-order chi connectivity index (χ0) is 20.9. The van der Waals surface area contributed by atoms with Crippen LogP contribution in [0.2, 0.25) is 0 Å². The molecule has 1 fully saturated rings. The SMILES string of the molecule is CCONC(=O)c1c(Cc2ccccc2)[nH]c2ccc(C(=O)N3CCOCC3)cc12. The smallest absolute Gasteiger partial charge is 0.277 e. The van der Waals surface area contributed by atoms with Gasteiger partial charge in [0, 0.05) is 41.7 Å². The zero-order valence-electron chi connectivity index (χ0n) is 16.9. The van der Waals surface area contributed by atoms with Crippen molar-refractivity contribution in [3.8, 4) is 0 Å². The summed E-state index contributed by atoms with van der Waals surface area (Å²) in [5.74, 6) is -0.382. The maximum atomic E-state index is 12.9. The van der Waals surface area contributed by atoms with Crippen LogP contribution in [-0.4, -0.2) is 54.6 Å². The van der Waals surface area contributed by atoms with Crippen LogP contribution in [0.3, 0.4) is 0 Å². The molecule has 7 nitrogen and oxygen atoms in total. The molecule has 0 atom stereocenters. The average Bonchev–Trinajstić information content (AvgIpc) is 3.15. The molecule has 0 bridgehead atoms. The molecule has 4 rings (SSSR count). The van der Waals surface area contributed by atoms with Crippen molar-refractivity contribution in [1.29, 1.82) is 0 Å². The highest BCUT2D eigenvalue weighted by Gasteiger charge is 2.23. The third-order valence-electron chi connectivity index (χ3n) is 5.18. The summed E-state index contributed by atoms with van der Waals surface area (Å²) in [5, 5.41) is 0.706. The molecule has 7 heteroatoms. The molecule has 3 aromatic rings. The van der Waals surface area contributed by atoms with Crippen molar-refractivity contribution >= 4 is 22.7 Å². The molecule has 0 spiro atoms. The summed E-state index contributed by atoms with van der Waals surface area (Å²) in [4.78, 5) is 36.1. The predicted octanol–water partition coefficient (Wildman–Crippen LogP) is 2.91. The molecule has 2 amide bonds. The zero-order valence-corrected chi connectivity index (χ0v) is 16.9. The van der Waals surface area contributed by atoms with E-state index in [0.717, 1.165) is 16.8 Å². The van der Waals surface area contributed by atoms with Crippen molar-refractivity contribution in [3.05, 3.63) is 70.9 Å². The predicted molar refractivity (Wildman–Crippen MR) is 113 cm³/mol. The van der Waals surface area contributed by atoms with E-state index in [0.29, 0.717) is 55.8 Å². The van der Waals surface area contributed by atoms with Crippen LogP contribution in [0.5, 0.6) is 0 Å². The molecule has 1 aromatic heterocycles. The van der Waals surface area contributed by atoms with E-state index in [4.69, 9.17) is 9.57 Å². The molecule has 0 saturated carbocycles. The number of H-pyrrole nitrogens is 1.